The molecule has 0 fully saturated rings. The van der Waals surface area contributed by atoms with Crippen molar-refractivity contribution in [2.75, 3.05) is 7.11 Å². The first-order chi connectivity index (χ1) is 8.11. The topological polar surface area (TPSA) is 63.9 Å². The summed E-state index contributed by atoms with van der Waals surface area (Å²) in [5.41, 5.74) is 8.25. The van der Waals surface area contributed by atoms with Crippen molar-refractivity contribution in [3.05, 3.63) is 46.0 Å². The number of imidazole rings is 1. The molecule has 1 heterocycles. The minimum Gasteiger partial charge on any atom is -0.496 e. The number of ether oxygens (including phenoxy) is 1. The smallest absolute Gasteiger partial charge is 0.128 e. The summed E-state index contributed by atoms with van der Waals surface area (Å²) in [6.07, 6.45) is 1.69. The molecule has 4 nitrogen and oxygen atoms in total. The van der Waals surface area contributed by atoms with Gasteiger partial charge in [0.1, 0.15) is 16.2 Å². The van der Waals surface area contributed by atoms with Crippen LogP contribution in [0.15, 0.2) is 29.0 Å². The molecule has 1 atom stereocenters. The van der Waals surface area contributed by atoms with Crippen molar-refractivity contribution in [3.63, 3.8) is 0 Å². The SMILES string of the molecule is COc1ccc(C)cc1C(N)c1ncc(Br)[nH]1. The molecule has 1 unspecified atom stereocenters. The standard InChI is InChI=1S/C12H14BrN3O/c1-7-3-4-9(17-2)8(5-7)11(14)12-15-6-10(13)16-12/h3-6,11H,14H2,1-2H3,(H,15,16). The average Bonchev–Trinajstić information content (AvgIpc) is 2.75. The number of nitrogens with two attached hydrogens (primary N) is 1. The van der Waals surface area contributed by atoms with Gasteiger partial charge in [-0.2, -0.15) is 0 Å². The van der Waals surface area contributed by atoms with Gasteiger partial charge in [0.2, 0.25) is 0 Å². The number of aromatic nitrogens is 2. The fourth-order valence-corrected chi connectivity index (χ4v) is 2.02. The number of nitrogens with one attached hydrogen (secondary N) is 1. The summed E-state index contributed by atoms with van der Waals surface area (Å²) >= 11 is 3.32. The Labute approximate surface area is 108 Å². The van der Waals surface area contributed by atoms with Gasteiger partial charge in [-0.25, -0.2) is 4.98 Å². The monoisotopic (exact) mass is 295 g/mol. The molecule has 5 heteroatoms. The number of benzene rings is 1. The first-order valence-corrected chi connectivity index (χ1v) is 6.01. The van der Waals surface area contributed by atoms with E-state index >= 15 is 0 Å². The second-order valence-electron chi connectivity index (χ2n) is 3.84. The van der Waals surface area contributed by atoms with Gasteiger partial charge >= 0.3 is 0 Å². The van der Waals surface area contributed by atoms with Crippen LogP contribution in [0.25, 0.3) is 0 Å². The Hall–Kier alpha value is -1.33. The van der Waals surface area contributed by atoms with Crippen LogP contribution in [0.2, 0.25) is 0 Å². The third kappa shape index (κ3) is 2.50. The van der Waals surface area contributed by atoms with Gasteiger partial charge in [0.15, 0.2) is 0 Å². The van der Waals surface area contributed by atoms with E-state index in [1.54, 1.807) is 13.3 Å². The zero-order valence-electron chi connectivity index (χ0n) is 9.70. The number of rotatable bonds is 3. The summed E-state index contributed by atoms with van der Waals surface area (Å²) < 4.78 is 6.13. The minimum absolute atomic E-state index is 0.323. The van der Waals surface area contributed by atoms with Crippen LogP contribution in [0.4, 0.5) is 0 Å². The lowest BCUT2D eigenvalue weighted by Gasteiger charge is -2.14. The first-order valence-electron chi connectivity index (χ1n) is 5.22. The Bertz CT molecular complexity index is 524. The van der Waals surface area contributed by atoms with Crippen molar-refractivity contribution in [3.8, 4) is 5.75 Å². The number of aromatic amines is 1. The van der Waals surface area contributed by atoms with Crippen LogP contribution in [0.5, 0.6) is 5.75 Å². The van der Waals surface area contributed by atoms with Crippen LogP contribution in [0, 0.1) is 6.92 Å². The van der Waals surface area contributed by atoms with Gasteiger partial charge in [-0.1, -0.05) is 17.7 Å². The second-order valence-corrected chi connectivity index (χ2v) is 4.69. The summed E-state index contributed by atoms with van der Waals surface area (Å²) in [6, 6.07) is 5.60. The van der Waals surface area contributed by atoms with Crippen molar-refractivity contribution >= 4 is 15.9 Å². The predicted octanol–water partition coefficient (Wildman–Crippen LogP) is 2.54. The van der Waals surface area contributed by atoms with E-state index < -0.39 is 0 Å². The summed E-state index contributed by atoms with van der Waals surface area (Å²) in [6.45, 7) is 2.02. The maximum atomic E-state index is 6.18. The molecule has 17 heavy (non-hydrogen) atoms. The van der Waals surface area contributed by atoms with E-state index in [4.69, 9.17) is 10.5 Å². The number of hydrogen-bond acceptors (Lipinski definition) is 3. The van der Waals surface area contributed by atoms with E-state index in [2.05, 4.69) is 25.9 Å². The second kappa shape index (κ2) is 4.89. The first kappa shape index (κ1) is 12.1. The molecule has 0 spiro atoms. The lowest BCUT2D eigenvalue weighted by molar-refractivity contribution is 0.407. The highest BCUT2D eigenvalue weighted by atomic mass is 79.9. The molecule has 90 valence electrons. The molecule has 0 amide bonds. The number of nitrogens with zero attached hydrogens (tertiary/aromatic N) is 1. The number of aryl methyl sites for hydroxylation is 1. The molecule has 0 saturated carbocycles. The fourth-order valence-electron chi connectivity index (χ4n) is 1.72. The Morgan fingerprint density at radius 2 is 2.24 bits per heavy atom. The van der Waals surface area contributed by atoms with Crippen LogP contribution in [-0.4, -0.2) is 17.1 Å². The van der Waals surface area contributed by atoms with Crippen molar-refractivity contribution < 1.29 is 4.74 Å². The number of hydrogen-bond donors (Lipinski definition) is 2. The molecular weight excluding hydrogens is 282 g/mol. The summed E-state index contributed by atoms with van der Waals surface area (Å²) in [5, 5.41) is 0. The van der Waals surface area contributed by atoms with Gasteiger partial charge in [0.05, 0.1) is 19.3 Å². The Morgan fingerprint density at radius 1 is 1.47 bits per heavy atom. The zero-order valence-corrected chi connectivity index (χ0v) is 11.3. The van der Waals surface area contributed by atoms with E-state index in [0.29, 0.717) is 5.82 Å². The summed E-state index contributed by atoms with van der Waals surface area (Å²) in [5.74, 6) is 1.48. The van der Waals surface area contributed by atoms with Crippen molar-refractivity contribution in [1.82, 2.24) is 9.97 Å². The molecule has 0 saturated heterocycles. The number of halogens is 1. The van der Waals surface area contributed by atoms with Gasteiger partial charge in [-0.3, -0.25) is 0 Å². The molecule has 0 aliphatic rings. The molecule has 0 aliphatic heterocycles. The quantitative estimate of drug-likeness (QED) is 0.915. The molecule has 2 rings (SSSR count). The third-order valence-electron chi connectivity index (χ3n) is 2.58. The fraction of sp³-hybridized carbons (Fsp3) is 0.250. The predicted molar refractivity (Wildman–Crippen MR) is 70.0 cm³/mol. The highest BCUT2D eigenvalue weighted by Crippen LogP contribution is 2.28. The van der Waals surface area contributed by atoms with Crippen molar-refractivity contribution in [2.24, 2.45) is 5.73 Å². The molecule has 3 N–H and O–H groups in total. The molecular formula is C12H14BrN3O. The highest BCUT2D eigenvalue weighted by Gasteiger charge is 2.16. The molecule has 1 aromatic carbocycles. The number of H-pyrrole nitrogens is 1. The Balaban J connectivity index is 2.42. The normalized spacial score (nSPS) is 12.5. The van der Waals surface area contributed by atoms with Crippen molar-refractivity contribution in [1.29, 1.82) is 0 Å². The molecule has 2 aromatic rings. The maximum Gasteiger partial charge on any atom is 0.128 e. The zero-order chi connectivity index (χ0) is 12.4. The van der Waals surface area contributed by atoms with E-state index in [0.717, 1.165) is 21.5 Å². The van der Waals surface area contributed by atoms with Gasteiger partial charge in [0.25, 0.3) is 0 Å². The van der Waals surface area contributed by atoms with E-state index in [1.165, 1.54) is 0 Å². The van der Waals surface area contributed by atoms with E-state index in [-0.39, 0.29) is 6.04 Å². The minimum atomic E-state index is -0.323. The molecule has 0 aliphatic carbocycles. The summed E-state index contributed by atoms with van der Waals surface area (Å²) in [4.78, 5) is 7.28. The Morgan fingerprint density at radius 3 is 2.82 bits per heavy atom. The third-order valence-corrected chi connectivity index (χ3v) is 2.98. The van der Waals surface area contributed by atoms with Crippen LogP contribution in [0.3, 0.4) is 0 Å². The van der Waals surface area contributed by atoms with Gasteiger partial charge in [-0.15, -0.1) is 0 Å². The Kier molecular flexibility index (Phi) is 3.49. The van der Waals surface area contributed by atoms with Gasteiger partial charge in [0, 0.05) is 5.56 Å². The van der Waals surface area contributed by atoms with Crippen molar-refractivity contribution in [2.45, 2.75) is 13.0 Å². The molecule has 0 radical (unpaired) electrons. The summed E-state index contributed by atoms with van der Waals surface area (Å²) in [7, 11) is 1.64. The number of methoxy groups -OCH3 is 1. The van der Waals surface area contributed by atoms with Crippen LogP contribution in [0.1, 0.15) is 23.0 Å². The lowest BCUT2D eigenvalue weighted by Crippen LogP contribution is -2.14. The molecule has 0 bridgehead atoms. The van der Waals surface area contributed by atoms with Gasteiger partial charge in [-0.05, 0) is 28.9 Å². The van der Waals surface area contributed by atoms with E-state index in [9.17, 15) is 0 Å². The average molecular weight is 296 g/mol. The van der Waals surface area contributed by atoms with E-state index in [1.807, 2.05) is 25.1 Å². The molecule has 1 aromatic heterocycles. The van der Waals surface area contributed by atoms with Crippen LogP contribution >= 0.6 is 15.9 Å². The van der Waals surface area contributed by atoms with Crippen LogP contribution in [-0.2, 0) is 0 Å². The van der Waals surface area contributed by atoms with Crippen LogP contribution < -0.4 is 10.5 Å². The highest BCUT2D eigenvalue weighted by molar-refractivity contribution is 9.10. The lowest BCUT2D eigenvalue weighted by atomic mass is 10.0. The largest absolute Gasteiger partial charge is 0.496 e. The van der Waals surface area contributed by atoms with Gasteiger partial charge < -0.3 is 15.5 Å². The maximum absolute atomic E-state index is 6.18.